The molecule has 0 spiro atoms. The molecule has 0 fully saturated rings. The quantitative estimate of drug-likeness (QED) is 0.500. The van der Waals surface area contributed by atoms with E-state index >= 15 is 0 Å². The number of sulfonamides is 1. The molecule has 0 radical (unpaired) electrons. The standard InChI is InChI=1S/C22H20ClNO4S/c1-2-28-22(25)18-10-14-20(15-11-18)24(16-17-8-12-19(23)13-9-17)29(26,27)21-6-4-3-5-7-21/h3-15H,2,16H2,1H3. The number of anilines is 1. The fraction of sp³-hybridized carbons (Fsp3) is 0.136. The van der Waals surface area contributed by atoms with Gasteiger partial charge in [-0.25, -0.2) is 13.2 Å². The highest BCUT2D eigenvalue weighted by Gasteiger charge is 2.25. The van der Waals surface area contributed by atoms with Gasteiger partial charge in [0.25, 0.3) is 10.0 Å². The van der Waals surface area contributed by atoms with E-state index in [4.69, 9.17) is 16.3 Å². The molecule has 150 valence electrons. The highest BCUT2D eigenvalue weighted by Crippen LogP contribution is 2.27. The van der Waals surface area contributed by atoms with Crippen molar-refractivity contribution in [2.24, 2.45) is 0 Å². The van der Waals surface area contributed by atoms with Crippen molar-refractivity contribution < 1.29 is 17.9 Å². The van der Waals surface area contributed by atoms with Gasteiger partial charge in [0.1, 0.15) is 0 Å². The van der Waals surface area contributed by atoms with Crippen molar-refractivity contribution in [3.05, 3.63) is 95.0 Å². The number of nitrogens with zero attached hydrogens (tertiary/aromatic N) is 1. The number of esters is 1. The first-order valence-corrected chi connectivity index (χ1v) is 10.8. The third kappa shape index (κ3) is 4.96. The molecular weight excluding hydrogens is 410 g/mol. The molecule has 0 aliphatic carbocycles. The Balaban J connectivity index is 2.00. The molecule has 0 amide bonds. The summed E-state index contributed by atoms with van der Waals surface area (Å²) < 4.78 is 33.0. The topological polar surface area (TPSA) is 63.7 Å². The van der Waals surface area contributed by atoms with Gasteiger partial charge in [0.05, 0.1) is 29.3 Å². The van der Waals surface area contributed by atoms with Crippen molar-refractivity contribution >= 4 is 33.3 Å². The van der Waals surface area contributed by atoms with Gasteiger partial charge < -0.3 is 4.74 Å². The summed E-state index contributed by atoms with van der Waals surface area (Å²) in [5.41, 5.74) is 1.58. The SMILES string of the molecule is CCOC(=O)c1ccc(N(Cc2ccc(Cl)cc2)S(=O)(=O)c2ccccc2)cc1. The molecule has 0 saturated carbocycles. The van der Waals surface area contributed by atoms with E-state index in [9.17, 15) is 13.2 Å². The van der Waals surface area contributed by atoms with E-state index in [-0.39, 0.29) is 18.0 Å². The van der Waals surface area contributed by atoms with Gasteiger partial charge in [-0.3, -0.25) is 4.31 Å². The lowest BCUT2D eigenvalue weighted by Crippen LogP contribution is -2.30. The minimum Gasteiger partial charge on any atom is -0.462 e. The van der Waals surface area contributed by atoms with E-state index < -0.39 is 16.0 Å². The Hall–Kier alpha value is -2.83. The number of hydrogen-bond donors (Lipinski definition) is 0. The van der Waals surface area contributed by atoms with Gasteiger partial charge in [-0.1, -0.05) is 41.9 Å². The largest absolute Gasteiger partial charge is 0.462 e. The molecule has 3 aromatic carbocycles. The van der Waals surface area contributed by atoms with Crippen LogP contribution in [0.5, 0.6) is 0 Å². The molecule has 3 aromatic rings. The molecule has 29 heavy (non-hydrogen) atoms. The van der Waals surface area contributed by atoms with Gasteiger partial charge >= 0.3 is 5.97 Å². The average Bonchev–Trinajstić information content (AvgIpc) is 2.74. The molecule has 0 aromatic heterocycles. The molecule has 0 saturated heterocycles. The zero-order valence-corrected chi connectivity index (χ0v) is 17.4. The van der Waals surface area contributed by atoms with Crippen LogP contribution in [0.3, 0.4) is 0 Å². The lowest BCUT2D eigenvalue weighted by molar-refractivity contribution is 0.0526. The predicted octanol–water partition coefficient (Wildman–Crippen LogP) is 4.91. The van der Waals surface area contributed by atoms with Crippen molar-refractivity contribution in [1.82, 2.24) is 0 Å². The Morgan fingerprint density at radius 2 is 1.55 bits per heavy atom. The van der Waals surface area contributed by atoms with E-state index in [0.29, 0.717) is 16.3 Å². The van der Waals surface area contributed by atoms with Gasteiger partial charge in [0.2, 0.25) is 0 Å². The maximum atomic E-state index is 13.3. The first-order chi connectivity index (χ1) is 13.9. The van der Waals surface area contributed by atoms with Gasteiger partial charge in [0.15, 0.2) is 0 Å². The third-order valence-electron chi connectivity index (χ3n) is 4.24. The van der Waals surface area contributed by atoms with E-state index in [0.717, 1.165) is 5.56 Å². The summed E-state index contributed by atoms with van der Waals surface area (Å²) in [6.07, 6.45) is 0. The molecule has 5 nitrogen and oxygen atoms in total. The summed E-state index contributed by atoms with van der Waals surface area (Å²) in [5.74, 6) is -0.450. The zero-order valence-electron chi connectivity index (χ0n) is 15.8. The van der Waals surface area contributed by atoms with Crippen LogP contribution in [0.25, 0.3) is 0 Å². The summed E-state index contributed by atoms with van der Waals surface area (Å²) in [6, 6.07) is 21.5. The molecular formula is C22H20ClNO4S. The molecule has 0 atom stereocenters. The maximum absolute atomic E-state index is 13.3. The normalized spacial score (nSPS) is 11.1. The van der Waals surface area contributed by atoms with Crippen LogP contribution in [-0.4, -0.2) is 21.0 Å². The number of benzene rings is 3. The van der Waals surface area contributed by atoms with Crippen LogP contribution in [0, 0.1) is 0 Å². The molecule has 0 aliphatic heterocycles. The lowest BCUT2D eigenvalue weighted by Gasteiger charge is -2.25. The van der Waals surface area contributed by atoms with Crippen LogP contribution < -0.4 is 4.31 Å². The summed E-state index contributed by atoms with van der Waals surface area (Å²) in [6.45, 7) is 2.12. The Morgan fingerprint density at radius 3 is 2.14 bits per heavy atom. The highest BCUT2D eigenvalue weighted by molar-refractivity contribution is 7.92. The lowest BCUT2D eigenvalue weighted by atomic mass is 10.2. The van der Waals surface area contributed by atoms with Crippen LogP contribution in [0.2, 0.25) is 5.02 Å². The van der Waals surface area contributed by atoms with E-state index in [2.05, 4.69) is 0 Å². The number of rotatable bonds is 7. The predicted molar refractivity (Wildman–Crippen MR) is 114 cm³/mol. The van der Waals surface area contributed by atoms with Crippen LogP contribution in [0.15, 0.2) is 83.8 Å². The fourth-order valence-electron chi connectivity index (χ4n) is 2.77. The molecule has 7 heteroatoms. The van der Waals surface area contributed by atoms with Crippen molar-refractivity contribution in [1.29, 1.82) is 0 Å². The van der Waals surface area contributed by atoms with Crippen molar-refractivity contribution in [2.45, 2.75) is 18.4 Å². The average molecular weight is 430 g/mol. The Labute approximate surface area is 175 Å². The van der Waals surface area contributed by atoms with Gasteiger partial charge in [-0.2, -0.15) is 0 Å². The second-order valence-corrected chi connectivity index (χ2v) is 8.52. The number of halogens is 1. The minimum absolute atomic E-state index is 0.118. The monoisotopic (exact) mass is 429 g/mol. The van der Waals surface area contributed by atoms with Crippen LogP contribution in [0.1, 0.15) is 22.8 Å². The van der Waals surface area contributed by atoms with Gasteiger partial charge in [0, 0.05) is 5.02 Å². The van der Waals surface area contributed by atoms with Gasteiger partial charge in [-0.15, -0.1) is 0 Å². The zero-order chi connectivity index (χ0) is 20.9. The van der Waals surface area contributed by atoms with Gasteiger partial charge in [-0.05, 0) is 61.0 Å². The van der Waals surface area contributed by atoms with Crippen LogP contribution >= 0.6 is 11.6 Å². The molecule has 3 rings (SSSR count). The smallest absolute Gasteiger partial charge is 0.338 e. The minimum atomic E-state index is -3.82. The Kier molecular flexibility index (Phi) is 6.56. The maximum Gasteiger partial charge on any atom is 0.338 e. The second kappa shape index (κ2) is 9.11. The van der Waals surface area contributed by atoms with Crippen LogP contribution in [-0.2, 0) is 21.3 Å². The number of carbonyl (C=O) groups excluding carboxylic acids is 1. The van der Waals surface area contributed by atoms with E-state index in [1.807, 2.05) is 0 Å². The van der Waals surface area contributed by atoms with Crippen molar-refractivity contribution in [3.8, 4) is 0 Å². The first-order valence-electron chi connectivity index (χ1n) is 9.01. The summed E-state index contributed by atoms with van der Waals surface area (Å²) >= 11 is 5.95. The third-order valence-corrected chi connectivity index (χ3v) is 6.28. The van der Waals surface area contributed by atoms with Crippen LogP contribution in [0.4, 0.5) is 5.69 Å². The molecule has 0 N–H and O–H groups in total. The van der Waals surface area contributed by atoms with E-state index in [1.54, 1.807) is 85.8 Å². The second-order valence-electron chi connectivity index (χ2n) is 6.22. The molecule has 0 bridgehead atoms. The number of hydrogen-bond acceptors (Lipinski definition) is 4. The fourth-order valence-corrected chi connectivity index (χ4v) is 4.37. The number of carbonyl (C=O) groups is 1. The summed E-state index contributed by atoms with van der Waals surface area (Å²) in [5, 5.41) is 0.574. The summed E-state index contributed by atoms with van der Waals surface area (Å²) in [4.78, 5) is 12.1. The molecule has 0 aliphatic rings. The Morgan fingerprint density at radius 1 is 0.931 bits per heavy atom. The van der Waals surface area contributed by atoms with E-state index in [1.165, 1.54) is 4.31 Å². The highest BCUT2D eigenvalue weighted by atomic mass is 35.5. The van der Waals surface area contributed by atoms with Crippen molar-refractivity contribution in [3.63, 3.8) is 0 Å². The molecule has 0 heterocycles. The number of ether oxygens (including phenoxy) is 1. The Bertz CT molecular complexity index is 1070. The first kappa shape index (κ1) is 20.9. The van der Waals surface area contributed by atoms with Crippen molar-refractivity contribution in [2.75, 3.05) is 10.9 Å². The summed E-state index contributed by atoms with van der Waals surface area (Å²) in [7, 11) is -3.82. The molecule has 0 unspecified atom stereocenters.